The lowest BCUT2D eigenvalue weighted by Gasteiger charge is -2.35. The highest BCUT2D eigenvalue weighted by Crippen LogP contribution is 2.44. The van der Waals surface area contributed by atoms with Crippen molar-refractivity contribution in [2.45, 2.75) is 52.4 Å². The quantitative estimate of drug-likeness (QED) is 0.815. The molecule has 1 aliphatic carbocycles. The number of aliphatic hydroxyl groups is 1. The van der Waals surface area contributed by atoms with Gasteiger partial charge in [0, 0.05) is 11.6 Å². The Morgan fingerprint density at radius 1 is 1.11 bits per heavy atom. The fraction of sp³-hybridized carbons (Fsp3) is 0.364. The molecule has 2 aromatic rings. The third-order valence-electron chi connectivity index (χ3n) is 5.56. The number of halogens is 1. The fourth-order valence-corrected chi connectivity index (χ4v) is 3.89. The first-order chi connectivity index (χ1) is 12.8. The molecular weight excluding hydrogens is 347 g/mol. The molecule has 0 spiro atoms. The van der Waals surface area contributed by atoms with Crippen LogP contribution >= 0.6 is 0 Å². The Hall–Kier alpha value is -2.69. The van der Waals surface area contributed by atoms with E-state index in [9.17, 15) is 19.1 Å². The normalized spacial score (nSPS) is 15.8. The van der Waals surface area contributed by atoms with Crippen molar-refractivity contribution in [1.82, 2.24) is 0 Å². The van der Waals surface area contributed by atoms with Gasteiger partial charge in [0.25, 0.3) is 0 Å². The third-order valence-corrected chi connectivity index (χ3v) is 5.56. The average molecular weight is 370 g/mol. The summed E-state index contributed by atoms with van der Waals surface area (Å²) in [7, 11) is 0. The van der Waals surface area contributed by atoms with Crippen molar-refractivity contribution in [2.75, 3.05) is 0 Å². The maximum atomic E-state index is 14.4. The van der Waals surface area contributed by atoms with Crippen LogP contribution < -0.4 is 5.43 Å². The number of rotatable bonds is 4. The minimum atomic E-state index is -1.04. The van der Waals surface area contributed by atoms with E-state index in [1.165, 1.54) is 12.1 Å². The molecule has 1 aromatic heterocycles. The Bertz CT molecular complexity index is 1010. The number of hydrogen-bond donors (Lipinski definition) is 1. The predicted octanol–water partition coefficient (Wildman–Crippen LogP) is 5.07. The minimum Gasteiger partial charge on any atom is -0.507 e. The van der Waals surface area contributed by atoms with E-state index in [2.05, 4.69) is 0 Å². The Kier molecular flexibility index (Phi) is 4.81. The highest BCUT2D eigenvalue weighted by atomic mass is 19.1. The molecule has 0 saturated heterocycles. The smallest absolute Gasteiger partial charge is 0.196 e. The summed E-state index contributed by atoms with van der Waals surface area (Å²) in [6.07, 6.45) is 1.14. The summed E-state index contributed by atoms with van der Waals surface area (Å²) >= 11 is 0. The van der Waals surface area contributed by atoms with Crippen molar-refractivity contribution < 1.29 is 18.7 Å². The summed E-state index contributed by atoms with van der Waals surface area (Å²) in [4.78, 5) is 26.0. The number of benzene rings is 1. The lowest BCUT2D eigenvalue weighted by Crippen LogP contribution is -2.41. The molecule has 142 valence electrons. The first-order valence-corrected chi connectivity index (χ1v) is 9.23. The van der Waals surface area contributed by atoms with Gasteiger partial charge in [-0.25, -0.2) is 4.39 Å². The van der Waals surface area contributed by atoms with E-state index in [4.69, 9.17) is 4.42 Å². The number of carbonyl (C=O) groups is 1. The SMILES string of the molecule is CCC1=C(O)c2c(oc(-c3cc(C)ccc3F)cc2=O)C(CC)(CC)C1=O. The first-order valence-electron chi connectivity index (χ1n) is 9.23. The van der Waals surface area contributed by atoms with E-state index in [-0.39, 0.29) is 39.8 Å². The lowest BCUT2D eigenvalue weighted by atomic mass is 9.68. The van der Waals surface area contributed by atoms with E-state index in [1.807, 2.05) is 20.8 Å². The van der Waals surface area contributed by atoms with Gasteiger partial charge in [0.05, 0.1) is 11.0 Å². The van der Waals surface area contributed by atoms with Crippen LogP contribution in [0.15, 0.2) is 39.1 Å². The first kappa shape index (κ1) is 19.1. The topological polar surface area (TPSA) is 67.5 Å². The molecule has 4 nitrogen and oxygen atoms in total. The van der Waals surface area contributed by atoms with Gasteiger partial charge < -0.3 is 9.52 Å². The maximum Gasteiger partial charge on any atom is 0.196 e. The van der Waals surface area contributed by atoms with Gasteiger partial charge in [-0.2, -0.15) is 0 Å². The summed E-state index contributed by atoms with van der Waals surface area (Å²) in [5, 5.41) is 10.6. The van der Waals surface area contributed by atoms with Gasteiger partial charge >= 0.3 is 0 Å². The molecule has 5 heteroatoms. The highest BCUT2D eigenvalue weighted by Gasteiger charge is 2.48. The van der Waals surface area contributed by atoms with Crippen LogP contribution in [0.25, 0.3) is 17.1 Å². The van der Waals surface area contributed by atoms with E-state index < -0.39 is 16.7 Å². The number of Topliss-reactive ketones (excluding diaryl/α,β-unsaturated/α-hetero) is 1. The number of allylic oxidation sites excluding steroid dienone is 1. The number of hydrogen-bond acceptors (Lipinski definition) is 4. The van der Waals surface area contributed by atoms with Crippen LogP contribution in [0, 0.1) is 12.7 Å². The van der Waals surface area contributed by atoms with Crippen molar-refractivity contribution >= 4 is 11.5 Å². The Labute approximate surface area is 157 Å². The second-order valence-corrected chi connectivity index (χ2v) is 6.96. The van der Waals surface area contributed by atoms with Crippen LogP contribution in [-0.2, 0) is 10.2 Å². The summed E-state index contributed by atoms with van der Waals surface area (Å²) in [6, 6.07) is 5.72. The Morgan fingerprint density at radius 2 is 1.78 bits per heavy atom. The minimum absolute atomic E-state index is 0.0203. The van der Waals surface area contributed by atoms with Crippen LogP contribution in [0.2, 0.25) is 0 Å². The predicted molar refractivity (Wildman–Crippen MR) is 102 cm³/mol. The van der Waals surface area contributed by atoms with Gasteiger partial charge in [0.1, 0.15) is 28.7 Å². The molecule has 0 radical (unpaired) electrons. The summed E-state index contributed by atoms with van der Waals surface area (Å²) in [5.74, 6) is -0.870. The number of carbonyl (C=O) groups excluding carboxylic acids is 1. The summed E-state index contributed by atoms with van der Waals surface area (Å²) in [6.45, 7) is 7.28. The highest BCUT2D eigenvalue weighted by molar-refractivity contribution is 6.10. The van der Waals surface area contributed by atoms with Gasteiger partial charge in [0.2, 0.25) is 0 Å². The van der Waals surface area contributed by atoms with E-state index >= 15 is 0 Å². The molecule has 3 rings (SSSR count). The molecule has 1 N–H and O–H groups in total. The van der Waals surface area contributed by atoms with E-state index in [0.29, 0.717) is 19.3 Å². The number of fused-ring (bicyclic) bond motifs is 1. The average Bonchev–Trinajstić information content (AvgIpc) is 2.64. The second kappa shape index (κ2) is 6.80. The molecule has 0 atom stereocenters. The number of aryl methyl sites for hydroxylation is 1. The molecule has 1 aliphatic rings. The van der Waals surface area contributed by atoms with Crippen LogP contribution in [-0.4, -0.2) is 10.9 Å². The zero-order chi connectivity index (χ0) is 19.9. The molecule has 0 amide bonds. The van der Waals surface area contributed by atoms with Gasteiger partial charge in [-0.3, -0.25) is 9.59 Å². The molecule has 0 aliphatic heterocycles. The second-order valence-electron chi connectivity index (χ2n) is 6.96. The molecular formula is C22H23FO4. The number of aliphatic hydroxyl groups excluding tert-OH is 1. The molecule has 0 saturated carbocycles. The van der Waals surface area contributed by atoms with Gasteiger partial charge in [-0.15, -0.1) is 0 Å². The molecule has 0 bridgehead atoms. The Balaban J connectivity index is 2.40. The summed E-state index contributed by atoms with van der Waals surface area (Å²) in [5.41, 5.74) is -0.277. The van der Waals surface area contributed by atoms with Crippen LogP contribution in [0.3, 0.4) is 0 Å². The Morgan fingerprint density at radius 3 is 2.37 bits per heavy atom. The molecule has 0 fully saturated rings. The fourth-order valence-electron chi connectivity index (χ4n) is 3.89. The third kappa shape index (κ3) is 2.73. The van der Waals surface area contributed by atoms with Crippen molar-refractivity contribution in [2.24, 2.45) is 0 Å². The van der Waals surface area contributed by atoms with Crippen molar-refractivity contribution in [1.29, 1.82) is 0 Å². The largest absolute Gasteiger partial charge is 0.507 e. The molecule has 27 heavy (non-hydrogen) atoms. The molecule has 1 heterocycles. The molecule has 1 aromatic carbocycles. The maximum absolute atomic E-state index is 14.4. The van der Waals surface area contributed by atoms with Crippen molar-refractivity contribution in [3.05, 3.63) is 62.8 Å². The monoisotopic (exact) mass is 370 g/mol. The van der Waals surface area contributed by atoms with Gasteiger partial charge in [0.15, 0.2) is 11.2 Å². The van der Waals surface area contributed by atoms with E-state index in [0.717, 1.165) is 5.56 Å². The van der Waals surface area contributed by atoms with Crippen molar-refractivity contribution in [3.63, 3.8) is 0 Å². The standard InChI is InChI=1S/C22H23FO4/c1-5-13-19(25)18-16(24)11-17(14-10-12(4)8-9-15(14)23)27-21(18)22(6-2,7-3)20(13)26/h8-11,25H,5-7H2,1-4H3. The van der Waals surface area contributed by atoms with Gasteiger partial charge in [-0.1, -0.05) is 32.4 Å². The zero-order valence-electron chi connectivity index (χ0n) is 16.0. The van der Waals surface area contributed by atoms with Crippen LogP contribution in [0.5, 0.6) is 0 Å². The van der Waals surface area contributed by atoms with E-state index in [1.54, 1.807) is 19.1 Å². The number of ketones is 1. The summed E-state index contributed by atoms with van der Waals surface area (Å²) < 4.78 is 20.3. The van der Waals surface area contributed by atoms with Crippen LogP contribution in [0.4, 0.5) is 4.39 Å². The van der Waals surface area contributed by atoms with Gasteiger partial charge in [-0.05, 0) is 38.3 Å². The molecule has 0 unspecified atom stereocenters. The zero-order valence-corrected chi connectivity index (χ0v) is 16.0. The van der Waals surface area contributed by atoms with Crippen molar-refractivity contribution in [3.8, 4) is 11.3 Å². The van der Waals surface area contributed by atoms with Crippen LogP contribution in [0.1, 0.15) is 56.9 Å². The lowest BCUT2D eigenvalue weighted by molar-refractivity contribution is -0.122.